The van der Waals surface area contributed by atoms with Gasteiger partial charge in [-0.05, 0) is 49.9 Å². The molecular formula is C12H23N. The zero-order valence-corrected chi connectivity index (χ0v) is 8.84. The Labute approximate surface area is 82.1 Å². The molecule has 76 valence electrons. The van der Waals surface area contributed by atoms with E-state index >= 15 is 0 Å². The van der Waals surface area contributed by atoms with E-state index in [0.29, 0.717) is 6.04 Å². The minimum Gasteiger partial charge on any atom is -0.328 e. The molecule has 2 aliphatic carbocycles. The Bertz CT molecular complexity index is 159. The molecule has 0 heterocycles. The summed E-state index contributed by atoms with van der Waals surface area (Å²) < 4.78 is 0. The maximum Gasteiger partial charge on any atom is 0.00416 e. The first-order chi connectivity index (χ1) is 6.25. The van der Waals surface area contributed by atoms with Gasteiger partial charge in [-0.3, -0.25) is 0 Å². The summed E-state index contributed by atoms with van der Waals surface area (Å²) in [6.45, 7) is 2.40. The van der Waals surface area contributed by atoms with E-state index in [9.17, 15) is 0 Å². The van der Waals surface area contributed by atoms with E-state index in [0.717, 1.165) is 17.8 Å². The Morgan fingerprint density at radius 1 is 0.846 bits per heavy atom. The fourth-order valence-electron chi connectivity index (χ4n) is 3.24. The highest BCUT2D eigenvalue weighted by Crippen LogP contribution is 2.40. The normalized spacial score (nSPS) is 46.6. The van der Waals surface area contributed by atoms with Gasteiger partial charge in [-0.1, -0.05) is 19.8 Å². The molecule has 1 nitrogen and oxygen atoms in total. The third-order valence-corrected chi connectivity index (χ3v) is 4.24. The van der Waals surface area contributed by atoms with E-state index in [1.54, 1.807) is 0 Å². The quantitative estimate of drug-likeness (QED) is 0.661. The van der Waals surface area contributed by atoms with Crippen LogP contribution in [-0.4, -0.2) is 6.04 Å². The molecule has 0 aromatic heterocycles. The summed E-state index contributed by atoms with van der Waals surface area (Å²) in [4.78, 5) is 0. The molecule has 2 aliphatic rings. The van der Waals surface area contributed by atoms with Crippen LogP contribution in [0.15, 0.2) is 0 Å². The Kier molecular flexibility index (Phi) is 2.92. The van der Waals surface area contributed by atoms with Gasteiger partial charge in [0.15, 0.2) is 0 Å². The van der Waals surface area contributed by atoms with Crippen LogP contribution in [0.3, 0.4) is 0 Å². The van der Waals surface area contributed by atoms with E-state index in [1.165, 1.54) is 44.9 Å². The summed E-state index contributed by atoms with van der Waals surface area (Å²) in [6.07, 6.45) is 9.93. The van der Waals surface area contributed by atoms with Crippen molar-refractivity contribution in [3.8, 4) is 0 Å². The fraction of sp³-hybridized carbons (Fsp3) is 1.00. The molecule has 0 radical (unpaired) electrons. The van der Waals surface area contributed by atoms with Crippen LogP contribution in [0, 0.1) is 17.8 Å². The molecule has 0 amide bonds. The molecule has 0 aromatic carbocycles. The first-order valence-corrected chi connectivity index (χ1v) is 6.01. The van der Waals surface area contributed by atoms with Crippen LogP contribution in [-0.2, 0) is 0 Å². The average Bonchev–Trinajstić information content (AvgIpc) is 2.53. The summed E-state index contributed by atoms with van der Waals surface area (Å²) in [6, 6.07) is 0.532. The molecule has 2 N–H and O–H groups in total. The molecule has 2 fully saturated rings. The largest absolute Gasteiger partial charge is 0.328 e. The number of hydrogen-bond donors (Lipinski definition) is 1. The van der Waals surface area contributed by atoms with E-state index < -0.39 is 0 Å². The van der Waals surface area contributed by atoms with Crippen LogP contribution in [0.4, 0.5) is 0 Å². The van der Waals surface area contributed by atoms with Crippen molar-refractivity contribution in [2.24, 2.45) is 23.5 Å². The van der Waals surface area contributed by atoms with Gasteiger partial charge in [-0.15, -0.1) is 0 Å². The lowest BCUT2D eigenvalue weighted by atomic mass is 9.76. The van der Waals surface area contributed by atoms with Crippen LogP contribution < -0.4 is 5.73 Å². The molecular weight excluding hydrogens is 158 g/mol. The molecule has 2 atom stereocenters. The van der Waals surface area contributed by atoms with Crippen molar-refractivity contribution < 1.29 is 0 Å². The highest BCUT2D eigenvalue weighted by molar-refractivity contribution is 4.84. The molecule has 13 heavy (non-hydrogen) atoms. The molecule has 2 saturated carbocycles. The monoisotopic (exact) mass is 181 g/mol. The lowest BCUT2D eigenvalue weighted by molar-refractivity contribution is 0.213. The summed E-state index contributed by atoms with van der Waals surface area (Å²) in [5.41, 5.74) is 5.96. The van der Waals surface area contributed by atoms with Crippen LogP contribution in [0.5, 0.6) is 0 Å². The second-order valence-electron chi connectivity index (χ2n) is 5.35. The van der Waals surface area contributed by atoms with E-state index in [-0.39, 0.29) is 0 Å². The van der Waals surface area contributed by atoms with E-state index in [4.69, 9.17) is 5.73 Å². The first kappa shape index (κ1) is 9.51. The molecule has 2 rings (SSSR count). The smallest absolute Gasteiger partial charge is 0.00416 e. The lowest BCUT2D eigenvalue weighted by Crippen LogP contribution is -2.21. The fourth-order valence-corrected chi connectivity index (χ4v) is 3.24. The van der Waals surface area contributed by atoms with Gasteiger partial charge in [-0.2, -0.15) is 0 Å². The van der Waals surface area contributed by atoms with Crippen molar-refractivity contribution in [3.63, 3.8) is 0 Å². The maximum atomic E-state index is 5.96. The van der Waals surface area contributed by atoms with E-state index in [2.05, 4.69) is 6.92 Å². The maximum absolute atomic E-state index is 5.96. The Balaban J connectivity index is 1.81. The highest BCUT2D eigenvalue weighted by atomic mass is 14.6. The summed E-state index contributed by atoms with van der Waals surface area (Å²) >= 11 is 0. The predicted octanol–water partition coefficient (Wildman–Crippen LogP) is 2.94. The third-order valence-electron chi connectivity index (χ3n) is 4.24. The van der Waals surface area contributed by atoms with Crippen molar-refractivity contribution in [1.29, 1.82) is 0 Å². The van der Waals surface area contributed by atoms with Crippen molar-refractivity contribution in [1.82, 2.24) is 0 Å². The summed E-state index contributed by atoms with van der Waals surface area (Å²) in [5.74, 6) is 3.01. The Morgan fingerprint density at radius 3 is 2.00 bits per heavy atom. The topological polar surface area (TPSA) is 26.0 Å². The highest BCUT2D eigenvalue weighted by Gasteiger charge is 2.30. The molecule has 0 spiro atoms. The van der Waals surface area contributed by atoms with Gasteiger partial charge in [0.1, 0.15) is 0 Å². The minimum absolute atomic E-state index is 0.532. The summed E-state index contributed by atoms with van der Waals surface area (Å²) in [7, 11) is 0. The van der Waals surface area contributed by atoms with Gasteiger partial charge in [0.25, 0.3) is 0 Å². The Hall–Kier alpha value is -0.0400. The minimum atomic E-state index is 0.532. The first-order valence-electron chi connectivity index (χ1n) is 6.01. The zero-order chi connectivity index (χ0) is 9.26. The van der Waals surface area contributed by atoms with Gasteiger partial charge in [0.05, 0.1) is 0 Å². The predicted molar refractivity (Wildman–Crippen MR) is 56.4 cm³/mol. The van der Waals surface area contributed by atoms with Crippen molar-refractivity contribution in [2.45, 2.75) is 57.9 Å². The summed E-state index contributed by atoms with van der Waals surface area (Å²) in [5, 5.41) is 0. The second kappa shape index (κ2) is 4.00. The lowest BCUT2D eigenvalue weighted by Gasteiger charge is -2.30. The average molecular weight is 181 g/mol. The van der Waals surface area contributed by atoms with Crippen LogP contribution in [0.25, 0.3) is 0 Å². The van der Waals surface area contributed by atoms with Gasteiger partial charge in [-0.25, -0.2) is 0 Å². The van der Waals surface area contributed by atoms with Crippen molar-refractivity contribution in [3.05, 3.63) is 0 Å². The Morgan fingerprint density at radius 2 is 1.46 bits per heavy atom. The van der Waals surface area contributed by atoms with Gasteiger partial charge < -0.3 is 5.73 Å². The van der Waals surface area contributed by atoms with Gasteiger partial charge >= 0.3 is 0 Å². The second-order valence-corrected chi connectivity index (χ2v) is 5.35. The molecule has 0 aliphatic heterocycles. The number of rotatable bonds is 1. The van der Waals surface area contributed by atoms with E-state index in [1.807, 2.05) is 0 Å². The molecule has 0 aromatic rings. The molecule has 0 saturated heterocycles. The van der Waals surface area contributed by atoms with Crippen molar-refractivity contribution in [2.75, 3.05) is 0 Å². The van der Waals surface area contributed by atoms with Crippen LogP contribution in [0.1, 0.15) is 51.9 Å². The molecule has 1 heteroatoms. The molecule has 2 unspecified atom stereocenters. The van der Waals surface area contributed by atoms with Crippen molar-refractivity contribution >= 4 is 0 Å². The molecule has 0 bridgehead atoms. The number of nitrogens with two attached hydrogens (primary N) is 1. The van der Waals surface area contributed by atoms with Crippen LogP contribution in [0.2, 0.25) is 0 Å². The number of hydrogen-bond acceptors (Lipinski definition) is 1. The van der Waals surface area contributed by atoms with Gasteiger partial charge in [0.2, 0.25) is 0 Å². The standard InChI is InChI=1S/C12H23N/c1-9-2-4-10(5-3-9)11-6-7-12(13)8-11/h9-12H,2-8,13H2,1H3. The SMILES string of the molecule is CC1CCC(C2CCC(N)C2)CC1. The zero-order valence-electron chi connectivity index (χ0n) is 8.84. The third kappa shape index (κ3) is 2.25. The van der Waals surface area contributed by atoms with Gasteiger partial charge in [0, 0.05) is 6.04 Å². The van der Waals surface area contributed by atoms with Crippen LogP contribution >= 0.6 is 0 Å².